The summed E-state index contributed by atoms with van der Waals surface area (Å²) in [6, 6.07) is 0. The molecule has 164 valence electrons. The Morgan fingerprint density at radius 1 is 0.621 bits per heavy atom. The molecule has 0 atom stereocenters. The molecule has 0 spiro atoms. The summed E-state index contributed by atoms with van der Waals surface area (Å²) in [5, 5.41) is 0. The van der Waals surface area contributed by atoms with Gasteiger partial charge in [0.1, 0.15) is 0 Å². The van der Waals surface area contributed by atoms with Crippen LogP contribution >= 0.6 is 0 Å². The molecule has 29 heavy (non-hydrogen) atoms. The summed E-state index contributed by atoms with van der Waals surface area (Å²) in [7, 11) is 0. The third-order valence-electron chi connectivity index (χ3n) is 7.57. The van der Waals surface area contributed by atoms with Crippen LogP contribution in [0.1, 0.15) is 108 Å². The molecule has 0 aromatic heterocycles. The van der Waals surface area contributed by atoms with Gasteiger partial charge >= 0.3 is 182 Å². The van der Waals surface area contributed by atoms with E-state index in [1.807, 2.05) is 6.66 Å². The second kappa shape index (κ2) is 11.3. The first-order valence-electron chi connectivity index (χ1n) is 11.1. The van der Waals surface area contributed by atoms with Gasteiger partial charge < -0.3 is 24.8 Å². The van der Waals surface area contributed by atoms with Gasteiger partial charge in [-0.1, -0.05) is 0 Å². The van der Waals surface area contributed by atoms with E-state index in [9.17, 15) is 0 Å². The van der Waals surface area contributed by atoms with E-state index in [2.05, 4.69) is 69.2 Å². The van der Waals surface area contributed by atoms with Crippen LogP contribution in [-0.4, -0.2) is 0 Å². The van der Waals surface area contributed by atoms with E-state index in [1.54, 1.807) is 33.4 Å². The van der Waals surface area contributed by atoms with Gasteiger partial charge in [0.15, 0.2) is 0 Å². The molecule has 0 bridgehead atoms. The topological polar surface area (TPSA) is 0 Å². The Bertz CT molecular complexity index is 668. The molecule has 3 heteroatoms. The molecule has 0 aromatic rings. The van der Waals surface area contributed by atoms with E-state index in [4.69, 9.17) is 0 Å². The Labute approximate surface area is 205 Å². The summed E-state index contributed by atoms with van der Waals surface area (Å²) in [6.45, 7) is 24.3. The molecule has 0 nitrogen and oxygen atoms in total. The predicted molar refractivity (Wildman–Crippen MR) is 117 cm³/mol. The maximum atomic E-state index is 2.51. The van der Waals surface area contributed by atoms with Gasteiger partial charge in [0, 0.05) is 0 Å². The maximum absolute atomic E-state index is 2.51. The van der Waals surface area contributed by atoms with Crippen LogP contribution in [0.2, 0.25) is 0 Å². The van der Waals surface area contributed by atoms with Crippen LogP contribution < -0.4 is 24.8 Å². The SMILES string of the molecule is CCCCC1=[C]([Hf+2][C]2=C(CCCC)C(C)=C(C)C2(C)C)C(C)(C)C(C)=C1C.[Cl-].[Cl-]. The largest absolute Gasteiger partial charge is 1.00 e. The van der Waals surface area contributed by atoms with E-state index >= 15 is 0 Å². The van der Waals surface area contributed by atoms with Crippen LogP contribution in [0.4, 0.5) is 0 Å². The van der Waals surface area contributed by atoms with Crippen molar-refractivity contribution in [2.24, 2.45) is 10.8 Å². The van der Waals surface area contributed by atoms with Crippen molar-refractivity contribution in [3.63, 3.8) is 0 Å². The molecule has 0 saturated carbocycles. The van der Waals surface area contributed by atoms with Crippen molar-refractivity contribution < 1.29 is 47.7 Å². The van der Waals surface area contributed by atoms with Gasteiger partial charge in [-0.3, -0.25) is 0 Å². The summed E-state index contributed by atoms with van der Waals surface area (Å²) in [5.74, 6) is 0. The molecule has 0 heterocycles. The average molecular weight is 604 g/mol. The monoisotopic (exact) mass is 604 g/mol. The fourth-order valence-corrected chi connectivity index (χ4v) is 12.6. The first kappa shape index (κ1) is 29.4. The molecule has 0 unspecified atom stereocenters. The van der Waals surface area contributed by atoms with E-state index in [0.29, 0.717) is 10.8 Å². The number of unbranched alkanes of at least 4 members (excludes halogenated alkanes) is 2. The van der Waals surface area contributed by atoms with Crippen molar-refractivity contribution in [3.8, 4) is 0 Å². The summed E-state index contributed by atoms with van der Waals surface area (Å²) in [5.41, 5.74) is 10.7. The minimum atomic E-state index is -1.09. The second-order valence-corrected chi connectivity index (χ2v) is 14.3. The van der Waals surface area contributed by atoms with Crippen molar-refractivity contribution in [2.45, 2.75) is 108 Å². The normalized spacial score (nSPS) is 20.2. The molecule has 0 amide bonds. The van der Waals surface area contributed by atoms with Crippen LogP contribution in [0.3, 0.4) is 0 Å². The Morgan fingerprint density at radius 3 is 1.21 bits per heavy atom. The molecule has 0 aliphatic heterocycles. The molecule has 0 fully saturated rings. The molecule has 0 saturated heterocycles. The van der Waals surface area contributed by atoms with Crippen LogP contribution in [0.15, 0.2) is 40.1 Å². The quantitative estimate of drug-likeness (QED) is 0.375. The number of hydrogen-bond acceptors (Lipinski definition) is 0. The van der Waals surface area contributed by atoms with E-state index in [-0.39, 0.29) is 24.8 Å². The number of allylic oxidation sites excluding steroid dienone is 8. The van der Waals surface area contributed by atoms with Gasteiger partial charge in [-0.15, -0.1) is 0 Å². The van der Waals surface area contributed by atoms with E-state index < -0.39 is 22.9 Å². The van der Waals surface area contributed by atoms with Crippen LogP contribution in [-0.2, 0) is 22.9 Å². The number of halogens is 2. The summed E-state index contributed by atoms with van der Waals surface area (Å²) in [6.07, 6.45) is 7.87. The molecule has 0 N–H and O–H groups in total. The first-order chi connectivity index (χ1) is 12.5. The van der Waals surface area contributed by atoms with Gasteiger partial charge in [0.2, 0.25) is 0 Å². The zero-order chi connectivity index (χ0) is 20.6. The summed E-state index contributed by atoms with van der Waals surface area (Å²) in [4.78, 5) is 0. The van der Waals surface area contributed by atoms with Crippen LogP contribution in [0.5, 0.6) is 0 Å². The van der Waals surface area contributed by atoms with Crippen molar-refractivity contribution in [1.29, 1.82) is 0 Å². The Kier molecular flexibility index (Phi) is 11.5. The summed E-state index contributed by atoms with van der Waals surface area (Å²) >= 11 is -1.09. The third kappa shape index (κ3) is 5.43. The fraction of sp³-hybridized carbons (Fsp3) is 0.692. The second-order valence-electron chi connectivity index (χ2n) is 9.79. The number of hydrogen-bond donors (Lipinski definition) is 0. The zero-order valence-corrected chi connectivity index (χ0v) is 25.6. The average Bonchev–Trinajstić information content (AvgIpc) is 2.87. The predicted octanol–water partition coefficient (Wildman–Crippen LogP) is 2.72. The van der Waals surface area contributed by atoms with Gasteiger partial charge in [0.25, 0.3) is 0 Å². The summed E-state index contributed by atoms with van der Waals surface area (Å²) < 4.78 is 3.82. The van der Waals surface area contributed by atoms with Crippen LogP contribution in [0.25, 0.3) is 0 Å². The van der Waals surface area contributed by atoms with Crippen LogP contribution in [0, 0.1) is 10.8 Å². The van der Waals surface area contributed by atoms with Crippen molar-refractivity contribution in [2.75, 3.05) is 0 Å². The molecule has 2 aliphatic carbocycles. The van der Waals surface area contributed by atoms with Gasteiger partial charge in [0.05, 0.1) is 0 Å². The first-order valence-corrected chi connectivity index (χ1v) is 14.7. The van der Waals surface area contributed by atoms with Gasteiger partial charge in [-0.2, -0.15) is 0 Å². The fourth-order valence-electron chi connectivity index (χ4n) is 4.82. The smallest absolute Gasteiger partial charge is 1.00 e. The zero-order valence-electron chi connectivity index (χ0n) is 20.5. The standard InChI is InChI=1S/2C13H21.2ClH.Hf/c2*1-6-7-8-12-9-13(4,5)11(3)10(12)2;;;/h2*6-8H2,1-5H3;2*1H;/q;;;;+2/p-2. The van der Waals surface area contributed by atoms with Crippen molar-refractivity contribution >= 4 is 0 Å². The molecule has 2 aliphatic rings. The van der Waals surface area contributed by atoms with Crippen molar-refractivity contribution in [1.82, 2.24) is 0 Å². The molecule has 0 radical (unpaired) electrons. The minimum Gasteiger partial charge on any atom is -1.00 e. The van der Waals surface area contributed by atoms with E-state index in [1.165, 1.54) is 38.5 Å². The molecular weight excluding hydrogens is 562 g/mol. The molecule has 0 aromatic carbocycles. The van der Waals surface area contributed by atoms with Crippen molar-refractivity contribution in [3.05, 3.63) is 40.1 Å². The maximum Gasteiger partial charge on any atom is -1.00 e. The molecular formula is C26H42Cl2Hf. The Morgan fingerprint density at radius 2 is 0.931 bits per heavy atom. The minimum absolute atomic E-state index is 0. The van der Waals surface area contributed by atoms with E-state index in [0.717, 1.165) is 0 Å². The van der Waals surface area contributed by atoms with Gasteiger partial charge in [-0.05, 0) is 0 Å². The number of rotatable bonds is 8. The van der Waals surface area contributed by atoms with Gasteiger partial charge in [-0.25, -0.2) is 0 Å². The Balaban J connectivity index is 0.00000392. The third-order valence-corrected chi connectivity index (χ3v) is 16.0. The molecule has 2 rings (SSSR count). The Hall–Kier alpha value is 0.410.